The molecule has 0 aliphatic carbocycles. The molecule has 164 valence electrons. The van der Waals surface area contributed by atoms with Crippen molar-refractivity contribution in [2.24, 2.45) is 0 Å². The second kappa shape index (κ2) is 9.55. The molecular weight excluding hydrogens is 427 g/mol. The zero-order chi connectivity index (χ0) is 22.7. The van der Waals surface area contributed by atoms with Crippen LogP contribution in [0.5, 0.6) is 0 Å². The summed E-state index contributed by atoms with van der Waals surface area (Å²) in [6, 6.07) is 22.0. The number of carbonyl (C=O) groups is 1. The summed E-state index contributed by atoms with van der Waals surface area (Å²) in [6.07, 6.45) is 0. The number of nitrogens with zero attached hydrogens (tertiary/aromatic N) is 1. The van der Waals surface area contributed by atoms with Crippen LogP contribution >= 0.6 is 11.6 Å². The summed E-state index contributed by atoms with van der Waals surface area (Å²) >= 11 is 6.23. The number of carboxylic acids is 1. The molecule has 0 unspecified atom stereocenters. The number of fused-ring (bicyclic) bond motifs is 1. The number of rotatable bonds is 8. The summed E-state index contributed by atoms with van der Waals surface area (Å²) in [5, 5.41) is 14.7. The molecule has 0 aliphatic heterocycles. The third-order valence-corrected chi connectivity index (χ3v) is 6.09. The van der Waals surface area contributed by atoms with Gasteiger partial charge in [-0.15, -0.1) is 0 Å². The summed E-state index contributed by atoms with van der Waals surface area (Å²) in [5.74, 6) is -1.14. The zero-order valence-electron chi connectivity index (χ0n) is 17.7. The Morgan fingerprint density at radius 1 is 1.09 bits per heavy atom. The van der Waals surface area contributed by atoms with Gasteiger partial charge in [-0.3, -0.25) is 0 Å². The maximum absolute atomic E-state index is 13.5. The number of aromatic carboxylic acids is 1. The van der Waals surface area contributed by atoms with Gasteiger partial charge < -0.3 is 15.0 Å². The lowest BCUT2D eigenvalue weighted by Crippen LogP contribution is -2.21. The normalized spacial score (nSPS) is 12.2. The topological polar surface area (TPSA) is 54.3 Å². The molecule has 6 heteroatoms. The van der Waals surface area contributed by atoms with Gasteiger partial charge in [0.2, 0.25) is 0 Å². The van der Waals surface area contributed by atoms with Crippen molar-refractivity contribution < 1.29 is 14.3 Å². The van der Waals surface area contributed by atoms with E-state index in [0.29, 0.717) is 18.7 Å². The van der Waals surface area contributed by atoms with Gasteiger partial charge in [0.25, 0.3) is 0 Å². The van der Waals surface area contributed by atoms with Crippen LogP contribution in [0.2, 0.25) is 5.02 Å². The quantitative estimate of drug-likeness (QED) is 0.342. The number of aromatic nitrogens is 1. The minimum absolute atomic E-state index is 0.214. The molecule has 4 rings (SSSR count). The predicted octanol–water partition coefficient (Wildman–Crippen LogP) is 6.07. The molecule has 0 saturated heterocycles. The van der Waals surface area contributed by atoms with E-state index in [0.717, 1.165) is 16.5 Å². The first-order valence-corrected chi connectivity index (χ1v) is 10.9. The van der Waals surface area contributed by atoms with Crippen LogP contribution in [0.15, 0.2) is 72.8 Å². The van der Waals surface area contributed by atoms with Crippen LogP contribution in [0.3, 0.4) is 0 Å². The summed E-state index contributed by atoms with van der Waals surface area (Å²) in [4.78, 5) is 12.3. The third kappa shape index (κ3) is 4.54. The van der Waals surface area contributed by atoms with Crippen molar-refractivity contribution in [3.8, 4) is 0 Å². The Labute approximate surface area is 191 Å². The van der Waals surface area contributed by atoms with E-state index in [9.17, 15) is 14.3 Å². The van der Waals surface area contributed by atoms with Gasteiger partial charge in [0, 0.05) is 41.1 Å². The van der Waals surface area contributed by atoms with Crippen molar-refractivity contribution in [2.45, 2.75) is 25.9 Å². The van der Waals surface area contributed by atoms with Crippen molar-refractivity contribution in [3.63, 3.8) is 0 Å². The molecular formula is C26H24ClFN2O2. The van der Waals surface area contributed by atoms with Crippen molar-refractivity contribution >= 4 is 28.5 Å². The van der Waals surface area contributed by atoms with E-state index < -0.39 is 11.8 Å². The van der Waals surface area contributed by atoms with E-state index >= 15 is 0 Å². The van der Waals surface area contributed by atoms with Gasteiger partial charge in [0.1, 0.15) is 11.5 Å². The van der Waals surface area contributed by atoms with E-state index in [-0.39, 0.29) is 23.2 Å². The highest BCUT2D eigenvalue weighted by Crippen LogP contribution is 2.29. The van der Waals surface area contributed by atoms with E-state index in [4.69, 9.17) is 11.6 Å². The molecule has 4 aromatic rings. The molecule has 2 N–H and O–H groups in total. The molecule has 0 saturated carbocycles. The van der Waals surface area contributed by atoms with Crippen molar-refractivity contribution in [2.75, 3.05) is 6.54 Å². The maximum Gasteiger partial charge on any atom is 0.352 e. The van der Waals surface area contributed by atoms with E-state index in [2.05, 4.69) is 24.4 Å². The highest BCUT2D eigenvalue weighted by atomic mass is 35.5. The van der Waals surface area contributed by atoms with Crippen LogP contribution in [0.25, 0.3) is 10.9 Å². The molecule has 0 fully saturated rings. The fourth-order valence-electron chi connectivity index (χ4n) is 4.10. The molecule has 0 spiro atoms. The van der Waals surface area contributed by atoms with Crippen LogP contribution in [-0.4, -0.2) is 22.2 Å². The fourth-order valence-corrected chi connectivity index (χ4v) is 4.32. The standard InChI is InChI=1S/C26H24ClFN2O2/c1-17(18-7-3-2-4-8-18)14-29-15-22-21-9-5-6-10-24(21)30(25(22)26(31)32)16-19-11-12-20(28)13-23(19)27/h2-13,17,29H,14-16H2,1H3,(H,31,32)/t17-/m0/s1. The molecule has 0 radical (unpaired) electrons. The summed E-state index contributed by atoms with van der Waals surface area (Å²) in [6.45, 7) is 3.51. The lowest BCUT2D eigenvalue weighted by Gasteiger charge is -2.14. The minimum atomic E-state index is -1.01. The largest absolute Gasteiger partial charge is 0.477 e. The number of para-hydroxylation sites is 1. The summed E-state index contributed by atoms with van der Waals surface area (Å²) in [5.41, 5.74) is 3.64. The molecule has 4 nitrogen and oxygen atoms in total. The predicted molar refractivity (Wildman–Crippen MR) is 126 cm³/mol. The number of nitrogens with one attached hydrogen (secondary N) is 1. The summed E-state index contributed by atoms with van der Waals surface area (Å²) in [7, 11) is 0. The first-order valence-electron chi connectivity index (χ1n) is 10.5. The number of hydrogen-bond donors (Lipinski definition) is 2. The molecule has 0 amide bonds. The SMILES string of the molecule is C[C@@H](CNCc1c(C(=O)O)n(Cc2ccc(F)cc2Cl)c2ccccc12)c1ccccc1. The third-order valence-electron chi connectivity index (χ3n) is 5.74. The Morgan fingerprint density at radius 3 is 2.53 bits per heavy atom. The summed E-state index contributed by atoms with van der Waals surface area (Å²) < 4.78 is 15.2. The van der Waals surface area contributed by atoms with E-state index in [1.165, 1.54) is 17.7 Å². The number of hydrogen-bond acceptors (Lipinski definition) is 2. The first-order chi connectivity index (χ1) is 15.5. The van der Waals surface area contributed by atoms with Gasteiger partial charge in [0.05, 0.1) is 0 Å². The molecule has 0 aliphatic rings. The highest BCUT2D eigenvalue weighted by Gasteiger charge is 2.23. The van der Waals surface area contributed by atoms with Gasteiger partial charge in [-0.05, 0) is 35.2 Å². The second-order valence-corrected chi connectivity index (χ2v) is 8.32. The van der Waals surface area contributed by atoms with Crippen LogP contribution in [0.4, 0.5) is 4.39 Å². The lowest BCUT2D eigenvalue weighted by molar-refractivity contribution is 0.0684. The van der Waals surface area contributed by atoms with E-state index in [1.54, 1.807) is 10.6 Å². The van der Waals surface area contributed by atoms with Crippen molar-refractivity contribution in [1.82, 2.24) is 9.88 Å². The molecule has 1 atom stereocenters. The Balaban J connectivity index is 1.66. The minimum Gasteiger partial charge on any atom is -0.477 e. The Kier molecular flexibility index (Phi) is 6.58. The molecule has 3 aromatic carbocycles. The molecule has 1 aromatic heterocycles. The van der Waals surface area contributed by atoms with Crippen LogP contribution in [0, 0.1) is 5.82 Å². The number of halogens is 2. The van der Waals surface area contributed by atoms with Gasteiger partial charge in [-0.2, -0.15) is 0 Å². The maximum atomic E-state index is 13.5. The molecule has 1 heterocycles. The monoisotopic (exact) mass is 450 g/mol. The van der Waals surface area contributed by atoms with Crippen LogP contribution in [0.1, 0.15) is 40.0 Å². The lowest BCUT2D eigenvalue weighted by atomic mass is 10.0. The zero-order valence-corrected chi connectivity index (χ0v) is 18.4. The highest BCUT2D eigenvalue weighted by molar-refractivity contribution is 6.31. The van der Waals surface area contributed by atoms with Gasteiger partial charge in [0.15, 0.2) is 0 Å². The Hall–Kier alpha value is -3.15. The molecule has 0 bridgehead atoms. The molecule has 32 heavy (non-hydrogen) atoms. The second-order valence-electron chi connectivity index (χ2n) is 7.91. The van der Waals surface area contributed by atoms with Crippen LogP contribution in [-0.2, 0) is 13.1 Å². The van der Waals surface area contributed by atoms with Crippen molar-refractivity contribution in [1.29, 1.82) is 0 Å². The Bertz CT molecular complexity index is 1250. The average Bonchev–Trinajstić information content (AvgIpc) is 3.10. The van der Waals surface area contributed by atoms with Gasteiger partial charge in [-0.25, -0.2) is 9.18 Å². The number of carboxylic acid groups (broad SMARTS) is 1. The van der Waals surface area contributed by atoms with Crippen LogP contribution < -0.4 is 5.32 Å². The van der Waals surface area contributed by atoms with Crippen molar-refractivity contribution in [3.05, 3.63) is 106 Å². The number of benzene rings is 3. The average molecular weight is 451 g/mol. The first kappa shape index (κ1) is 22.1. The smallest absolute Gasteiger partial charge is 0.352 e. The van der Waals surface area contributed by atoms with E-state index in [1.807, 2.05) is 42.5 Å². The fraction of sp³-hybridized carbons (Fsp3) is 0.192. The Morgan fingerprint density at radius 2 is 1.81 bits per heavy atom. The van der Waals surface area contributed by atoms with Gasteiger partial charge in [-0.1, -0.05) is 73.1 Å². The van der Waals surface area contributed by atoms with Gasteiger partial charge >= 0.3 is 5.97 Å².